The number of benzene rings is 1. The molecule has 2 aromatic rings. The maximum atomic E-state index is 12.0. The number of hydrogen-bond acceptors (Lipinski definition) is 6. The van der Waals surface area contributed by atoms with Crippen LogP contribution >= 0.6 is 11.8 Å². The van der Waals surface area contributed by atoms with Gasteiger partial charge in [0, 0.05) is 17.2 Å². The maximum absolute atomic E-state index is 12.0. The number of nitrogens with zero attached hydrogens (tertiary/aromatic N) is 1. The van der Waals surface area contributed by atoms with Gasteiger partial charge in [-0.25, -0.2) is 4.79 Å². The molecule has 1 aromatic heterocycles. The number of nitrogens with one attached hydrogen (secondary N) is 1. The van der Waals surface area contributed by atoms with Crippen LogP contribution in [0.25, 0.3) is 0 Å². The second kappa shape index (κ2) is 9.27. The molecule has 1 aromatic carbocycles. The smallest absolute Gasteiger partial charge is 0.344 e. The molecule has 1 N–H and O–H groups in total. The molecule has 0 saturated carbocycles. The van der Waals surface area contributed by atoms with Crippen LogP contribution in [0.15, 0.2) is 33.7 Å². The summed E-state index contributed by atoms with van der Waals surface area (Å²) in [7, 11) is 0. The summed E-state index contributed by atoms with van der Waals surface area (Å²) in [5.74, 6) is 0.231. The Morgan fingerprint density at radius 1 is 1.24 bits per heavy atom. The summed E-state index contributed by atoms with van der Waals surface area (Å²) in [4.78, 5) is 25.0. The van der Waals surface area contributed by atoms with Crippen LogP contribution in [0, 0.1) is 13.8 Å². The lowest BCUT2D eigenvalue weighted by atomic mass is 10.1. The Morgan fingerprint density at radius 3 is 2.64 bits per heavy atom. The van der Waals surface area contributed by atoms with E-state index >= 15 is 0 Å². The molecular formula is C18H22N2O4S. The summed E-state index contributed by atoms with van der Waals surface area (Å²) in [6, 6.07) is 8.21. The van der Waals surface area contributed by atoms with Crippen LogP contribution in [0.3, 0.4) is 0 Å². The summed E-state index contributed by atoms with van der Waals surface area (Å²) >= 11 is 1.66. The molecule has 1 heterocycles. The highest BCUT2D eigenvalue weighted by molar-refractivity contribution is 7.99. The van der Waals surface area contributed by atoms with Crippen molar-refractivity contribution in [3.8, 4) is 0 Å². The Hall–Kier alpha value is -2.28. The van der Waals surface area contributed by atoms with Gasteiger partial charge < -0.3 is 14.6 Å². The largest absolute Gasteiger partial charge is 0.452 e. The fraction of sp³-hybridized carbons (Fsp3) is 0.389. The third-order valence-electron chi connectivity index (χ3n) is 3.52. The first-order valence-electron chi connectivity index (χ1n) is 8.09. The first-order chi connectivity index (χ1) is 12.0. The number of rotatable bonds is 8. The van der Waals surface area contributed by atoms with Gasteiger partial charge in [-0.15, -0.1) is 11.8 Å². The van der Waals surface area contributed by atoms with Crippen LogP contribution in [0.5, 0.6) is 0 Å². The molecule has 0 aliphatic rings. The average molecular weight is 362 g/mol. The van der Waals surface area contributed by atoms with E-state index in [1.807, 2.05) is 13.8 Å². The van der Waals surface area contributed by atoms with Gasteiger partial charge in [0.15, 0.2) is 6.61 Å². The van der Waals surface area contributed by atoms with E-state index in [0.717, 1.165) is 10.6 Å². The number of hydrogen-bond donors (Lipinski definition) is 1. The number of carbonyl (C=O) groups is 2. The number of esters is 1. The molecule has 0 bridgehead atoms. The lowest BCUT2D eigenvalue weighted by Crippen LogP contribution is -2.30. The van der Waals surface area contributed by atoms with Crippen molar-refractivity contribution >= 4 is 23.6 Å². The van der Waals surface area contributed by atoms with Gasteiger partial charge >= 0.3 is 5.97 Å². The molecule has 6 nitrogen and oxygen atoms in total. The quantitative estimate of drug-likeness (QED) is 0.442. The number of aryl methyl sites for hydroxylation is 3. The van der Waals surface area contributed by atoms with Crippen molar-refractivity contribution in [1.82, 2.24) is 10.5 Å². The molecule has 2 rings (SSSR count). The molecule has 0 fully saturated rings. The first-order valence-corrected chi connectivity index (χ1v) is 9.08. The van der Waals surface area contributed by atoms with Gasteiger partial charge in [-0.3, -0.25) is 4.79 Å². The standard InChI is InChI=1S/C18H22N2O4S/c1-4-15-17(13(3)24-20-15)18(22)23-11-16(21)19-9-10-25-14-7-5-12(2)6-8-14/h5-8H,4,9-11H2,1-3H3,(H,19,21). The minimum atomic E-state index is -0.584. The van der Waals surface area contributed by atoms with Crippen molar-refractivity contribution in [3.05, 3.63) is 46.8 Å². The second-order valence-electron chi connectivity index (χ2n) is 5.50. The van der Waals surface area contributed by atoms with Crippen LogP contribution in [0.2, 0.25) is 0 Å². The third-order valence-corrected chi connectivity index (χ3v) is 4.53. The minimum absolute atomic E-state index is 0.310. The van der Waals surface area contributed by atoms with Crippen molar-refractivity contribution in [2.24, 2.45) is 0 Å². The number of ether oxygens (including phenoxy) is 1. The minimum Gasteiger partial charge on any atom is -0.452 e. The summed E-state index contributed by atoms with van der Waals surface area (Å²) in [5.41, 5.74) is 2.07. The predicted octanol–water partition coefficient (Wildman–Crippen LogP) is 2.92. The normalized spacial score (nSPS) is 10.5. The molecule has 0 aliphatic carbocycles. The van der Waals surface area contributed by atoms with E-state index in [1.54, 1.807) is 18.7 Å². The van der Waals surface area contributed by atoms with Crippen molar-refractivity contribution in [2.75, 3.05) is 18.9 Å². The predicted molar refractivity (Wildman–Crippen MR) is 95.8 cm³/mol. The molecule has 0 spiro atoms. The van der Waals surface area contributed by atoms with Crippen molar-refractivity contribution in [1.29, 1.82) is 0 Å². The molecular weight excluding hydrogens is 340 g/mol. The van der Waals surface area contributed by atoms with Crippen molar-refractivity contribution in [3.63, 3.8) is 0 Å². The molecule has 0 aliphatic heterocycles. The van der Waals surface area contributed by atoms with Gasteiger partial charge in [-0.1, -0.05) is 29.8 Å². The summed E-state index contributed by atoms with van der Waals surface area (Å²) in [5, 5.41) is 6.53. The van der Waals surface area contributed by atoms with Crippen LogP contribution in [0.1, 0.15) is 34.3 Å². The van der Waals surface area contributed by atoms with Gasteiger partial charge in [0.1, 0.15) is 11.3 Å². The zero-order valence-corrected chi connectivity index (χ0v) is 15.4. The van der Waals surface area contributed by atoms with E-state index in [2.05, 4.69) is 34.7 Å². The lowest BCUT2D eigenvalue weighted by molar-refractivity contribution is -0.124. The number of carbonyl (C=O) groups excluding carboxylic acids is 2. The van der Waals surface area contributed by atoms with Gasteiger partial charge in [-0.05, 0) is 32.4 Å². The summed E-state index contributed by atoms with van der Waals surface area (Å²) in [6.07, 6.45) is 0.560. The Bertz CT molecular complexity index is 725. The topological polar surface area (TPSA) is 81.4 Å². The highest BCUT2D eigenvalue weighted by Gasteiger charge is 2.21. The Labute approximate surface area is 151 Å². The van der Waals surface area contributed by atoms with Crippen molar-refractivity contribution < 1.29 is 18.8 Å². The van der Waals surface area contributed by atoms with Crippen LogP contribution in [0.4, 0.5) is 0 Å². The molecule has 0 radical (unpaired) electrons. The molecule has 7 heteroatoms. The molecule has 1 amide bonds. The zero-order valence-electron chi connectivity index (χ0n) is 14.6. The van der Waals surface area contributed by atoms with Gasteiger partial charge in [0.2, 0.25) is 0 Å². The molecule has 0 saturated heterocycles. The van der Waals surface area contributed by atoms with Gasteiger partial charge in [-0.2, -0.15) is 0 Å². The Kier molecular flexibility index (Phi) is 7.06. The number of amides is 1. The fourth-order valence-electron chi connectivity index (χ4n) is 2.17. The highest BCUT2D eigenvalue weighted by atomic mass is 32.2. The van der Waals surface area contributed by atoms with E-state index in [1.165, 1.54) is 5.56 Å². The summed E-state index contributed by atoms with van der Waals surface area (Å²) < 4.78 is 10.0. The maximum Gasteiger partial charge on any atom is 0.344 e. The Balaban J connectivity index is 1.69. The number of thioether (sulfide) groups is 1. The zero-order chi connectivity index (χ0) is 18.2. The monoisotopic (exact) mass is 362 g/mol. The van der Waals surface area contributed by atoms with E-state index in [0.29, 0.717) is 30.0 Å². The SMILES string of the molecule is CCc1noc(C)c1C(=O)OCC(=O)NCCSc1ccc(C)cc1. The van der Waals surface area contributed by atoms with E-state index in [4.69, 9.17) is 9.26 Å². The highest BCUT2D eigenvalue weighted by Crippen LogP contribution is 2.17. The van der Waals surface area contributed by atoms with Crippen LogP contribution in [-0.2, 0) is 16.0 Å². The summed E-state index contributed by atoms with van der Waals surface area (Å²) in [6.45, 7) is 5.74. The lowest BCUT2D eigenvalue weighted by Gasteiger charge is -2.07. The molecule has 0 atom stereocenters. The second-order valence-corrected chi connectivity index (χ2v) is 6.67. The first kappa shape index (κ1) is 19.1. The van der Waals surface area contributed by atoms with Crippen LogP contribution in [-0.4, -0.2) is 35.9 Å². The van der Waals surface area contributed by atoms with Gasteiger partial charge in [0.05, 0.1) is 5.69 Å². The van der Waals surface area contributed by atoms with Crippen LogP contribution < -0.4 is 5.32 Å². The van der Waals surface area contributed by atoms with E-state index < -0.39 is 5.97 Å². The molecule has 25 heavy (non-hydrogen) atoms. The van der Waals surface area contributed by atoms with E-state index in [9.17, 15) is 9.59 Å². The van der Waals surface area contributed by atoms with Crippen molar-refractivity contribution in [2.45, 2.75) is 32.1 Å². The fourth-order valence-corrected chi connectivity index (χ4v) is 2.94. The Morgan fingerprint density at radius 2 is 1.96 bits per heavy atom. The van der Waals surface area contributed by atoms with Gasteiger partial charge in [0.25, 0.3) is 5.91 Å². The van der Waals surface area contributed by atoms with E-state index in [-0.39, 0.29) is 12.5 Å². The molecule has 134 valence electrons. The average Bonchev–Trinajstić information content (AvgIpc) is 2.99. The molecule has 0 unspecified atom stereocenters. The third kappa shape index (κ3) is 5.63. The number of aromatic nitrogens is 1.